The van der Waals surface area contributed by atoms with E-state index in [1.165, 1.54) is 0 Å². The molecule has 1 aliphatic heterocycles. The predicted octanol–water partition coefficient (Wildman–Crippen LogP) is 1.88. The molecule has 0 radical (unpaired) electrons. The minimum Gasteiger partial charge on any atom is -0.478 e. The van der Waals surface area contributed by atoms with E-state index in [0.717, 1.165) is 37.2 Å². The van der Waals surface area contributed by atoms with Crippen molar-refractivity contribution < 1.29 is 9.90 Å². The lowest BCUT2D eigenvalue weighted by atomic mass is 10.0. The molecule has 1 aromatic carbocycles. The summed E-state index contributed by atoms with van der Waals surface area (Å²) in [5.41, 5.74) is 2.31. The van der Waals surface area contributed by atoms with E-state index in [1.807, 2.05) is 26.1 Å². The molecular formula is C14H20N2O2. The van der Waals surface area contributed by atoms with Gasteiger partial charge in [0.15, 0.2) is 0 Å². The molecule has 0 aromatic heterocycles. The average molecular weight is 248 g/mol. The highest BCUT2D eigenvalue weighted by Gasteiger charge is 2.21. The van der Waals surface area contributed by atoms with Gasteiger partial charge in [0.1, 0.15) is 0 Å². The van der Waals surface area contributed by atoms with E-state index in [9.17, 15) is 9.90 Å². The van der Waals surface area contributed by atoms with Gasteiger partial charge in [0.25, 0.3) is 0 Å². The van der Waals surface area contributed by atoms with Crippen LogP contribution in [0.15, 0.2) is 18.2 Å². The molecule has 2 N–H and O–H groups in total. The number of aromatic carboxylic acids is 1. The molecule has 4 nitrogen and oxygen atoms in total. The largest absolute Gasteiger partial charge is 0.478 e. The van der Waals surface area contributed by atoms with Crippen LogP contribution in [0, 0.1) is 6.92 Å². The summed E-state index contributed by atoms with van der Waals surface area (Å²) in [5.74, 6) is -0.856. The lowest BCUT2D eigenvalue weighted by Crippen LogP contribution is -2.41. The maximum atomic E-state index is 11.3. The van der Waals surface area contributed by atoms with Crippen LogP contribution < -0.4 is 10.2 Å². The van der Waals surface area contributed by atoms with Crippen LogP contribution in [0.1, 0.15) is 28.8 Å². The van der Waals surface area contributed by atoms with Gasteiger partial charge >= 0.3 is 5.97 Å². The smallest absolute Gasteiger partial charge is 0.337 e. The highest BCUT2D eigenvalue weighted by atomic mass is 16.4. The maximum Gasteiger partial charge on any atom is 0.337 e. The first kappa shape index (κ1) is 12.9. The number of carboxylic acid groups (broad SMARTS) is 1. The molecule has 18 heavy (non-hydrogen) atoms. The molecule has 2 rings (SSSR count). The van der Waals surface area contributed by atoms with E-state index in [1.54, 1.807) is 6.07 Å². The van der Waals surface area contributed by atoms with Gasteiger partial charge in [-0.15, -0.1) is 0 Å². The van der Waals surface area contributed by atoms with Crippen molar-refractivity contribution >= 4 is 11.7 Å². The molecule has 4 heteroatoms. The fourth-order valence-electron chi connectivity index (χ4n) is 2.51. The van der Waals surface area contributed by atoms with Crippen molar-refractivity contribution in [3.05, 3.63) is 29.3 Å². The lowest BCUT2D eigenvalue weighted by molar-refractivity contribution is 0.0697. The van der Waals surface area contributed by atoms with Crippen LogP contribution in [0.2, 0.25) is 0 Å². The predicted molar refractivity (Wildman–Crippen MR) is 72.4 cm³/mol. The number of carboxylic acids is 1. The summed E-state index contributed by atoms with van der Waals surface area (Å²) in [4.78, 5) is 13.4. The molecule has 1 heterocycles. The molecule has 98 valence electrons. The quantitative estimate of drug-likeness (QED) is 0.857. The van der Waals surface area contributed by atoms with Crippen LogP contribution in [0.5, 0.6) is 0 Å². The van der Waals surface area contributed by atoms with Crippen LogP contribution in [0.25, 0.3) is 0 Å². The minimum atomic E-state index is -0.856. The van der Waals surface area contributed by atoms with E-state index >= 15 is 0 Å². The van der Waals surface area contributed by atoms with Crippen LogP contribution in [-0.2, 0) is 0 Å². The Morgan fingerprint density at radius 2 is 2.06 bits per heavy atom. The summed E-state index contributed by atoms with van der Waals surface area (Å²) in [6.07, 6.45) is 2.12. The Morgan fingerprint density at radius 3 is 2.67 bits per heavy atom. The summed E-state index contributed by atoms with van der Waals surface area (Å²) in [5, 5.41) is 12.6. The maximum absolute atomic E-state index is 11.3. The van der Waals surface area contributed by atoms with Gasteiger partial charge in [-0.3, -0.25) is 0 Å². The number of benzene rings is 1. The summed E-state index contributed by atoms with van der Waals surface area (Å²) in [6.45, 7) is 4.00. The monoisotopic (exact) mass is 248 g/mol. The molecule has 0 unspecified atom stereocenters. The standard InChI is InChI=1S/C14H20N2O2/c1-10-3-4-12(14(17)18)13(9-10)16(2)11-5-7-15-8-6-11/h3-4,9,11,15H,5-8H2,1-2H3,(H,17,18). The Labute approximate surface area is 108 Å². The molecule has 0 saturated carbocycles. The molecule has 1 aliphatic rings. The number of hydrogen-bond donors (Lipinski definition) is 2. The van der Waals surface area contributed by atoms with E-state index in [0.29, 0.717) is 11.6 Å². The minimum absolute atomic E-state index is 0.390. The molecule has 0 spiro atoms. The van der Waals surface area contributed by atoms with Crippen molar-refractivity contribution in [2.24, 2.45) is 0 Å². The van der Waals surface area contributed by atoms with Crippen LogP contribution >= 0.6 is 0 Å². The van der Waals surface area contributed by atoms with E-state index in [-0.39, 0.29) is 0 Å². The number of aryl methyl sites for hydroxylation is 1. The molecule has 1 aromatic rings. The summed E-state index contributed by atoms with van der Waals surface area (Å²) in [7, 11) is 2.00. The first-order valence-electron chi connectivity index (χ1n) is 6.37. The molecule has 0 aliphatic carbocycles. The van der Waals surface area contributed by atoms with Crippen molar-refractivity contribution in [3.8, 4) is 0 Å². The number of anilines is 1. The first-order chi connectivity index (χ1) is 8.59. The molecule has 0 bridgehead atoms. The Hall–Kier alpha value is -1.55. The van der Waals surface area contributed by atoms with Crippen LogP contribution in [-0.4, -0.2) is 37.3 Å². The third kappa shape index (κ3) is 2.64. The van der Waals surface area contributed by atoms with Gasteiger partial charge in [0.2, 0.25) is 0 Å². The molecular weight excluding hydrogens is 228 g/mol. The van der Waals surface area contributed by atoms with E-state index in [2.05, 4.69) is 10.2 Å². The third-order valence-corrected chi connectivity index (χ3v) is 3.62. The van der Waals surface area contributed by atoms with E-state index < -0.39 is 5.97 Å². The fraction of sp³-hybridized carbons (Fsp3) is 0.500. The Bertz CT molecular complexity index is 439. The van der Waals surface area contributed by atoms with Gasteiger partial charge < -0.3 is 15.3 Å². The second-order valence-electron chi connectivity index (χ2n) is 4.92. The van der Waals surface area contributed by atoms with Gasteiger partial charge in [0, 0.05) is 13.1 Å². The number of hydrogen-bond acceptors (Lipinski definition) is 3. The van der Waals surface area contributed by atoms with Crippen molar-refractivity contribution in [1.82, 2.24) is 5.32 Å². The summed E-state index contributed by atoms with van der Waals surface area (Å²) >= 11 is 0. The van der Waals surface area contributed by atoms with Crippen LogP contribution in [0.3, 0.4) is 0 Å². The fourth-order valence-corrected chi connectivity index (χ4v) is 2.51. The van der Waals surface area contributed by atoms with Gasteiger partial charge in [-0.25, -0.2) is 4.79 Å². The molecule has 1 fully saturated rings. The second kappa shape index (κ2) is 5.40. The van der Waals surface area contributed by atoms with E-state index in [4.69, 9.17) is 0 Å². The Balaban J connectivity index is 2.30. The SMILES string of the molecule is Cc1ccc(C(=O)O)c(N(C)C2CCNCC2)c1. The van der Waals surface area contributed by atoms with Crippen molar-refractivity contribution in [2.75, 3.05) is 25.0 Å². The zero-order valence-electron chi connectivity index (χ0n) is 10.9. The van der Waals surface area contributed by atoms with Crippen molar-refractivity contribution in [3.63, 3.8) is 0 Å². The summed E-state index contributed by atoms with van der Waals surface area (Å²) < 4.78 is 0. The Kier molecular flexibility index (Phi) is 3.87. The topological polar surface area (TPSA) is 52.6 Å². The highest BCUT2D eigenvalue weighted by Crippen LogP contribution is 2.25. The number of rotatable bonds is 3. The lowest BCUT2D eigenvalue weighted by Gasteiger charge is -2.34. The molecule has 1 saturated heterocycles. The third-order valence-electron chi connectivity index (χ3n) is 3.62. The highest BCUT2D eigenvalue weighted by molar-refractivity contribution is 5.94. The zero-order valence-corrected chi connectivity index (χ0v) is 10.9. The van der Waals surface area contributed by atoms with Gasteiger partial charge in [-0.2, -0.15) is 0 Å². The first-order valence-corrected chi connectivity index (χ1v) is 6.37. The average Bonchev–Trinajstić information content (AvgIpc) is 2.38. The van der Waals surface area contributed by atoms with Gasteiger partial charge in [0.05, 0.1) is 11.3 Å². The van der Waals surface area contributed by atoms with Crippen molar-refractivity contribution in [2.45, 2.75) is 25.8 Å². The van der Waals surface area contributed by atoms with Crippen LogP contribution in [0.4, 0.5) is 5.69 Å². The normalized spacial score (nSPS) is 16.6. The Morgan fingerprint density at radius 1 is 1.39 bits per heavy atom. The number of carbonyl (C=O) groups is 1. The number of piperidine rings is 1. The second-order valence-corrected chi connectivity index (χ2v) is 4.92. The van der Waals surface area contributed by atoms with Gasteiger partial charge in [-0.05, 0) is 50.6 Å². The van der Waals surface area contributed by atoms with Gasteiger partial charge in [-0.1, -0.05) is 6.07 Å². The van der Waals surface area contributed by atoms with Crippen molar-refractivity contribution in [1.29, 1.82) is 0 Å². The molecule has 0 amide bonds. The molecule has 0 atom stereocenters. The summed E-state index contributed by atoms with van der Waals surface area (Å²) in [6, 6.07) is 5.94. The number of nitrogens with zero attached hydrogens (tertiary/aromatic N) is 1. The zero-order chi connectivity index (χ0) is 13.1. The number of nitrogens with one attached hydrogen (secondary N) is 1.